The zero-order valence-corrected chi connectivity index (χ0v) is 17.3. The molecule has 2 nitrogen and oxygen atoms in total. The van der Waals surface area contributed by atoms with Crippen LogP contribution in [0.15, 0.2) is 18.2 Å². The molecule has 2 fully saturated rings. The summed E-state index contributed by atoms with van der Waals surface area (Å²) in [5.41, 5.74) is 10.3. The van der Waals surface area contributed by atoms with E-state index >= 15 is 0 Å². The fourth-order valence-corrected chi connectivity index (χ4v) is 5.14. The van der Waals surface area contributed by atoms with E-state index in [1.807, 2.05) is 0 Å². The number of anilines is 1. The Balaban J connectivity index is 1.48. The SMILES string of the molecule is CC1CCC(Cc2ccc(CC3CCC(NC(C)C)CC3)cc2N)CC1. The van der Waals surface area contributed by atoms with E-state index < -0.39 is 0 Å². The summed E-state index contributed by atoms with van der Waals surface area (Å²) in [6.45, 7) is 6.90. The molecule has 0 amide bonds. The molecule has 2 aliphatic carbocycles. The fourth-order valence-electron chi connectivity index (χ4n) is 5.14. The number of hydrogen-bond donors (Lipinski definition) is 2. The minimum absolute atomic E-state index is 0.608. The third-order valence-corrected chi connectivity index (χ3v) is 6.79. The Labute approximate surface area is 161 Å². The standard InChI is InChI=1S/C24H40N2/c1-17(2)26-23-12-9-19(10-13-23)14-21-8-11-22(24(25)16-21)15-20-6-4-18(3)5-7-20/h8,11,16-20,23,26H,4-7,9-10,12-15,25H2,1-3H3. The van der Waals surface area contributed by atoms with Crippen molar-refractivity contribution in [2.45, 2.75) is 97.1 Å². The topological polar surface area (TPSA) is 38.0 Å². The Morgan fingerprint density at radius 3 is 2.15 bits per heavy atom. The van der Waals surface area contributed by atoms with Crippen LogP contribution in [0.2, 0.25) is 0 Å². The highest BCUT2D eigenvalue weighted by Gasteiger charge is 2.22. The summed E-state index contributed by atoms with van der Waals surface area (Å²) in [6.07, 6.45) is 13.3. The molecule has 26 heavy (non-hydrogen) atoms. The molecule has 3 rings (SSSR count). The molecule has 146 valence electrons. The van der Waals surface area contributed by atoms with Gasteiger partial charge in [0.2, 0.25) is 0 Å². The molecule has 0 saturated heterocycles. The van der Waals surface area contributed by atoms with Crippen molar-refractivity contribution >= 4 is 5.69 Å². The molecule has 3 N–H and O–H groups in total. The largest absolute Gasteiger partial charge is 0.398 e. The fraction of sp³-hybridized carbons (Fsp3) is 0.750. The first-order valence-corrected chi connectivity index (χ1v) is 11.1. The zero-order chi connectivity index (χ0) is 18.5. The van der Waals surface area contributed by atoms with Crippen LogP contribution in [-0.2, 0) is 12.8 Å². The van der Waals surface area contributed by atoms with E-state index in [0.717, 1.165) is 29.5 Å². The van der Waals surface area contributed by atoms with Gasteiger partial charge < -0.3 is 11.1 Å². The Morgan fingerprint density at radius 2 is 1.54 bits per heavy atom. The van der Waals surface area contributed by atoms with E-state index in [0.29, 0.717) is 6.04 Å². The molecular weight excluding hydrogens is 316 g/mol. The van der Waals surface area contributed by atoms with Gasteiger partial charge in [-0.3, -0.25) is 0 Å². The van der Waals surface area contributed by atoms with E-state index in [1.165, 1.54) is 75.3 Å². The lowest BCUT2D eigenvalue weighted by Gasteiger charge is -2.30. The van der Waals surface area contributed by atoms with Crippen LogP contribution in [0.25, 0.3) is 0 Å². The minimum atomic E-state index is 0.608. The summed E-state index contributed by atoms with van der Waals surface area (Å²) in [5, 5.41) is 3.70. The van der Waals surface area contributed by atoms with Gasteiger partial charge in [-0.05, 0) is 86.3 Å². The first-order chi connectivity index (χ1) is 12.5. The van der Waals surface area contributed by atoms with Crippen LogP contribution >= 0.6 is 0 Å². The van der Waals surface area contributed by atoms with Gasteiger partial charge in [-0.2, -0.15) is 0 Å². The van der Waals surface area contributed by atoms with Gasteiger partial charge in [0.25, 0.3) is 0 Å². The first kappa shape index (κ1) is 19.7. The summed E-state index contributed by atoms with van der Waals surface area (Å²) in [7, 11) is 0. The van der Waals surface area contributed by atoms with E-state index in [-0.39, 0.29) is 0 Å². The summed E-state index contributed by atoms with van der Waals surface area (Å²) in [5.74, 6) is 2.62. The van der Waals surface area contributed by atoms with Crippen molar-refractivity contribution < 1.29 is 0 Å². The molecule has 2 aliphatic rings. The van der Waals surface area contributed by atoms with Crippen LogP contribution in [0.3, 0.4) is 0 Å². The monoisotopic (exact) mass is 356 g/mol. The maximum Gasteiger partial charge on any atom is 0.0349 e. The van der Waals surface area contributed by atoms with Gasteiger partial charge in [-0.25, -0.2) is 0 Å². The van der Waals surface area contributed by atoms with E-state index in [9.17, 15) is 0 Å². The number of nitrogens with two attached hydrogens (primary N) is 1. The lowest BCUT2D eigenvalue weighted by Crippen LogP contribution is -2.37. The van der Waals surface area contributed by atoms with Crippen LogP contribution < -0.4 is 11.1 Å². The number of rotatable bonds is 6. The summed E-state index contributed by atoms with van der Waals surface area (Å²) in [4.78, 5) is 0. The molecule has 0 heterocycles. The highest BCUT2D eigenvalue weighted by atomic mass is 14.9. The molecule has 2 heteroatoms. The van der Waals surface area contributed by atoms with Gasteiger partial charge in [-0.15, -0.1) is 0 Å². The Hall–Kier alpha value is -1.02. The average molecular weight is 357 g/mol. The van der Waals surface area contributed by atoms with Gasteiger partial charge in [0, 0.05) is 17.8 Å². The maximum atomic E-state index is 6.44. The van der Waals surface area contributed by atoms with Crippen molar-refractivity contribution in [3.05, 3.63) is 29.3 Å². The molecule has 0 aliphatic heterocycles. The normalized spacial score (nSPS) is 29.8. The van der Waals surface area contributed by atoms with Crippen LogP contribution in [0, 0.1) is 17.8 Å². The molecule has 0 unspecified atom stereocenters. The van der Waals surface area contributed by atoms with E-state index in [1.54, 1.807) is 0 Å². The van der Waals surface area contributed by atoms with Crippen LogP contribution in [-0.4, -0.2) is 12.1 Å². The molecular formula is C24H40N2. The van der Waals surface area contributed by atoms with Gasteiger partial charge >= 0.3 is 0 Å². The van der Waals surface area contributed by atoms with Crippen molar-refractivity contribution in [1.82, 2.24) is 5.32 Å². The number of nitrogen functional groups attached to an aromatic ring is 1. The lowest BCUT2D eigenvalue weighted by atomic mass is 9.79. The number of benzene rings is 1. The van der Waals surface area contributed by atoms with Crippen molar-refractivity contribution in [2.75, 3.05) is 5.73 Å². The van der Waals surface area contributed by atoms with Crippen molar-refractivity contribution in [1.29, 1.82) is 0 Å². The number of nitrogens with one attached hydrogen (secondary N) is 1. The maximum absolute atomic E-state index is 6.44. The van der Waals surface area contributed by atoms with Crippen molar-refractivity contribution in [3.63, 3.8) is 0 Å². The quantitative estimate of drug-likeness (QED) is 0.638. The second-order valence-electron chi connectivity index (χ2n) is 9.61. The molecule has 2 saturated carbocycles. The summed E-state index contributed by atoms with van der Waals surface area (Å²) < 4.78 is 0. The van der Waals surface area contributed by atoms with E-state index in [4.69, 9.17) is 5.73 Å². The second kappa shape index (κ2) is 9.26. The first-order valence-electron chi connectivity index (χ1n) is 11.1. The minimum Gasteiger partial charge on any atom is -0.398 e. The molecule has 1 aromatic carbocycles. The third kappa shape index (κ3) is 5.74. The molecule has 0 bridgehead atoms. The van der Waals surface area contributed by atoms with Crippen LogP contribution in [0.1, 0.15) is 83.3 Å². The molecule has 0 aromatic heterocycles. The third-order valence-electron chi connectivity index (χ3n) is 6.79. The Morgan fingerprint density at radius 1 is 0.923 bits per heavy atom. The highest BCUT2D eigenvalue weighted by molar-refractivity contribution is 5.49. The van der Waals surface area contributed by atoms with E-state index in [2.05, 4.69) is 44.3 Å². The highest BCUT2D eigenvalue weighted by Crippen LogP contribution is 2.33. The van der Waals surface area contributed by atoms with Gasteiger partial charge in [0.05, 0.1) is 0 Å². The number of hydrogen-bond acceptors (Lipinski definition) is 2. The van der Waals surface area contributed by atoms with Crippen molar-refractivity contribution in [2.24, 2.45) is 17.8 Å². The predicted octanol–water partition coefficient (Wildman–Crippen LogP) is 5.74. The zero-order valence-electron chi connectivity index (χ0n) is 17.3. The molecule has 0 spiro atoms. The van der Waals surface area contributed by atoms with Crippen LogP contribution in [0.4, 0.5) is 5.69 Å². The smallest absolute Gasteiger partial charge is 0.0349 e. The summed E-state index contributed by atoms with van der Waals surface area (Å²) in [6, 6.07) is 8.30. The van der Waals surface area contributed by atoms with Gasteiger partial charge in [-0.1, -0.05) is 45.7 Å². The molecule has 0 atom stereocenters. The Bertz CT molecular complexity index is 549. The van der Waals surface area contributed by atoms with Gasteiger partial charge in [0.1, 0.15) is 0 Å². The molecule has 1 aromatic rings. The Kier molecular flexibility index (Phi) is 7.03. The summed E-state index contributed by atoms with van der Waals surface area (Å²) >= 11 is 0. The second-order valence-corrected chi connectivity index (χ2v) is 9.61. The lowest BCUT2D eigenvalue weighted by molar-refractivity contribution is 0.279. The predicted molar refractivity (Wildman–Crippen MR) is 113 cm³/mol. The molecule has 0 radical (unpaired) electrons. The van der Waals surface area contributed by atoms with Crippen molar-refractivity contribution in [3.8, 4) is 0 Å². The average Bonchev–Trinajstić information content (AvgIpc) is 2.60. The van der Waals surface area contributed by atoms with Crippen LogP contribution in [0.5, 0.6) is 0 Å². The van der Waals surface area contributed by atoms with Gasteiger partial charge in [0.15, 0.2) is 0 Å².